The third-order valence-electron chi connectivity index (χ3n) is 8.12. The molecule has 2 amide bonds. The molecule has 0 unspecified atom stereocenters. The van der Waals surface area contributed by atoms with Crippen molar-refractivity contribution in [3.63, 3.8) is 0 Å². The lowest BCUT2D eigenvalue weighted by Gasteiger charge is -2.59. The largest absolute Gasteiger partial charge is 0.362 e. The fraction of sp³-hybridized carbons (Fsp3) is 0.500. The number of carbonyl (C=O) groups excluding carboxylic acids is 2. The summed E-state index contributed by atoms with van der Waals surface area (Å²) < 4.78 is 5.60. The highest BCUT2D eigenvalue weighted by molar-refractivity contribution is 6.01. The van der Waals surface area contributed by atoms with Crippen molar-refractivity contribution in [3.8, 4) is 0 Å². The highest BCUT2D eigenvalue weighted by Gasteiger charge is 2.53. The van der Waals surface area contributed by atoms with E-state index in [-0.39, 0.29) is 36.5 Å². The Morgan fingerprint density at radius 2 is 1.36 bits per heavy atom. The van der Waals surface area contributed by atoms with Crippen LogP contribution in [-0.4, -0.2) is 31.1 Å². The van der Waals surface area contributed by atoms with Gasteiger partial charge in [0.15, 0.2) is 0 Å². The van der Waals surface area contributed by atoms with Crippen molar-refractivity contribution in [2.24, 2.45) is 23.2 Å². The Kier molecular flexibility index (Phi) is 6.24. The second-order valence-corrected chi connectivity index (χ2v) is 10.5. The minimum atomic E-state index is -0.200. The SMILES string of the molecule is C[C@@H](NC(=O)COCC(=O)N(c1ccccc1)c1ccccc1)C12CC3CC(CC(C3)C1)C2. The number of benzene rings is 2. The molecule has 4 aliphatic carbocycles. The van der Waals surface area contributed by atoms with Crippen LogP contribution in [0.15, 0.2) is 60.7 Å². The molecule has 1 atom stereocenters. The first-order valence-electron chi connectivity index (χ1n) is 12.3. The Labute approximate surface area is 196 Å². The molecule has 0 aliphatic heterocycles. The van der Waals surface area contributed by atoms with E-state index in [4.69, 9.17) is 4.74 Å². The van der Waals surface area contributed by atoms with Gasteiger partial charge in [-0.15, -0.1) is 0 Å². The summed E-state index contributed by atoms with van der Waals surface area (Å²) in [5, 5.41) is 3.21. The standard InChI is InChI=1S/C28H34N2O3/c1-20(28-15-21-12-22(16-28)14-23(13-21)17-28)29-26(31)18-33-19-27(32)30(24-8-4-2-5-9-24)25-10-6-3-7-11-25/h2-11,20-23H,12-19H2,1H3,(H,29,31)/t20-,21?,22?,23?,28?/m1/s1. The van der Waals surface area contributed by atoms with Crippen LogP contribution in [0.3, 0.4) is 0 Å². The van der Waals surface area contributed by atoms with Crippen molar-refractivity contribution >= 4 is 23.2 Å². The molecule has 0 spiro atoms. The molecule has 0 radical (unpaired) electrons. The zero-order valence-corrected chi connectivity index (χ0v) is 19.4. The van der Waals surface area contributed by atoms with Crippen LogP contribution >= 0.6 is 0 Å². The van der Waals surface area contributed by atoms with E-state index < -0.39 is 0 Å². The summed E-state index contributed by atoms with van der Waals surface area (Å²) in [5.74, 6) is 2.23. The van der Waals surface area contributed by atoms with Gasteiger partial charge in [0, 0.05) is 17.4 Å². The number of nitrogens with one attached hydrogen (secondary N) is 1. The first kappa shape index (κ1) is 22.1. The Morgan fingerprint density at radius 1 is 0.879 bits per heavy atom. The van der Waals surface area contributed by atoms with Crippen molar-refractivity contribution < 1.29 is 14.3 Å². The second-order valence-electron chi connectivity index (χ2n) is 10.5. The van der Waals surface area contributed by atoms with Crippen LogP contribution in [-0.2, 0) is 14.3 Å². The number of ether oxygens (including phenoxy) is 1. The molecular weight excluding hydrogens is 412 g/mol. The van der Waals surface area contributed by atoms with Crippen molar-refractivity contribution in [2.75, 3.05) is 18.1 Å². The normalized spacial score (nSPS) is 28.3. The maximum Gasteiger partial charge on any atom is 0.257 e. The maximum atomic E-state index is 13.0. The van der Waals surface area contributed by atoms with E-state index in [2.05, 4.69) is 12.2 Å². The van der Waals surface area contributed by atoms with Crippen LogP contribution in [0.1, 0.15) is 45.4 Å². The van der Waals surface area contributed by atoms with Gasteiger partial charge in [0.1, 0.15) is 13.2 Å². The van der Waals surface area contributed by atoms with E-state index in [1.165, 1.54) is 38.5 Å². The molecule has 5 nitrogen and oxygen atoms in total. The first-order valence-corrected chi connectivity index (χ1v) is 12.3. The number of carbonyl (C=O) groups is 2. The van der Waals surface area contributed by atoms with E-state index in [9.17, 15) is 9.59 Å². The van der Waals surface area contributed by atoms with Gasteiger partial charge in [-0.2, -0.15) is 0 Å². The topological polar surface area (TPSA) is 58.6 Å². The predicted molar refractivity (Wildman–Crippen MR) is 129 cm³/mol. The summed E-state index contributed by atoms with van der Waals surface area (Å²) in [6.07, 6.45) is 7.94. The Hall–Kier alpha value is -2.66. The lowest BCUT2D eigenvalue weighted by molar-refractivity contribution is -0.132. The van der Waals surface area contributed by atoms with Crippen LogP contribution in [0.5, 0.6) is 0 Å². The molecule has 5 heteroatoms. The fourth-order valence-corrected chi connectivity index (χ4v) is 7.03. The van der Waals surface area contributed by atoms with Gasteiger partial charge < -0.3 is 10.1 Å². The average Bonchev–Trinajstić information content (AvgIpc) is 2.80. The number of para-hydroxylation sites is 2. The maximum absolute atomic E-state index is 13.0. The zero-order chi connectivity index (χ0) is 22.8. The van der Waals surface area contributed by atoms with Crippen LogP contribution < -0.4 is 10.2 Å². The Morgan fingerprint density at radius 3 is 1.85 bits per heavy atom. The van der Waals surface area contributed by atoms with Crippen molar-refractivity contribution in [3.05, 3.63) is 60.7 Å². The van der Waals surface area contributed by atoms with Crippen molar-refractivity contribution in [2.45, 2.75) is 51.5 Å². The van der Waals surface area contributed by atoms with Gasteiger partial charge in [0.2, 0.25) is 5.91 Å². The highest BCUT2D eigenvalue weighted by Crippen LogP contribution is 2.61. The molecule has 1 N–H and O–H groups in total. The fourth-order valence-electron chi connectivity index (χ4n) is 7.03. The van der Waals surface area contributed by atoms with Gasteiger partial charge in [-0.25, -0.2) is 0 Å². The van der Waals surface area contributed by atoms with Crippen molar-refractivity contribution in [1.82, 2.24) is 5.32 Å². The molecule has 174 valence electrons. The van der Waals surface area contributed by atoms with Gasteiger partial charge in [-0.1, -0.05) is 36.4 Å². The third kappa shape index (κ3) is 4.70. The number of nitrogens with zero attached hydrogens (tertiary/aromatic N) is 1. The predicted octanol–water partition coefficient (Wildman–Crippen LogP) is 5.09. The van der Waals surface area contributed by atoms with Crippen LogP contribution in [0.2, 0.25) is 0 Å². The number of hydrogen-bond donors (Lipinski definition) is 1. The summed E-state index contributed by atoms with van der Waals surface area (Å²) in [7, 11) is 0. The second kappa shape index (κ2) is 9.30. The molecule has 6 rings (SSSR count). The minimum Gasteiger partial charge on any atom is -0.362 e. The van der Waals surface area contributed by atoms with Gasteiger partial charge in [0.05, 0.1) is 0 Å². The first-order chi connectivity index (χ1) is 16.0. The summed E-state index contributed by atoms with van der Waals surface area (Å²) in [6, 6.07) is 19.2. The molecule has 0 saturated heterocycles. The van der Waals surface area contributed by atoms with Gasteiger partial charge in [-0.05, 0) is 92.9 Å². The molecule has 4 bridgehead atoms. The molecule has 33 heavy (non-hydrogen) atoms. The lowest BCUT2D eigenvalue weighted by Crippen LogP contribution is -2.56. The van der Waals surface area contributed by atoms with Crippen molar-refractivity contribution in [1.29, 1.82) is 0 Å². The monoisotopic (exact) mass is 446 g/mol. The van der Waals surface area contributed by atoms with Gasteiger partial charge in [-0.3, -0.25) is 14.5 Å². The van der Waals surface area contributed by atoms with E-state index in [1.54, 1.807) is 4.90 Å². The number of rotatable bonds is 8. The summed E-state index contributed by atoms with van der Waals surface area (Å²) in [6.45, 7) is 1.92. The lowest BCUT2D eigenvalue weighted by atomic mass is 9.48. The van der Waals surface area contributed by atoms with E-state index in [0.29, 0.717) is 0 Å². The molecule has 0 aromatic heterocycles. The average molecular weight is 447 g/mol. The van der Waals surface area contributed by atoms with Crippen LogP contribution in [0.4, 0.5) is 11.4 Å². The van der Waals surface area contributed by atoms with E-state index >= 15 is 0 Å². The molecule has 4 aliphatic rings. The third-order valence-corrected chi connectivity index (χ3v) is 8.12. The summed E-state index contributed by atoms with van der Waals surface area (Å²) >= 11 is 0. The minimum absolute atomic E-state index is 0.0974. The Bertz CT molecular complexity index is 900. The molecule has 2 aromatic rings. The molecule has 2 aromatic carbocycles. The van der Waals surface area contributed by atoms with E-state index in [1.807, 2.05) is 60.7 Å². The quantitative estimate of drug-likeness (QED) is 0.615. The van der Waals surface area contributed by atoms with Crippen LogP contribution in [0.25, 0.3) is 0 Å². The molecule has 0 heterocycles. The number of anilines is 2. The number of amides is 2. The van der Waals surface area contributed by atoms with E-state index in [0.717, 1.165) is 29.1 Å². The molecular formula is C28H34N2O3. The zero-order valence-electron chi connectivity index (χ0n) is 19.4. The number of hydrogen-bond acceptors (Lipinski definition) is 3. The van der Waals surface area contributed by atoms with Gasteiger partial charge >= 0.3 is 0 Å². The van der Waals surface area contributed by atoms with Crippen LogP contribution in [0, 0.1) is 23.2 Å². The smallest absolute Gasteiger partial charge is 0.257 e. The van der Waals surface area contributed by atoms with Gasteiger partial charge in [0.25, 0.3) is 5.91 Å². The highest BCUT2D eigenvalue weighted by atomic mass is 16.5. The molecule has 4 fully saturated rings. The molecule has 4 saturated carbocycles. The summed E-state index contributed by atoms with van der Waals surface area (Å²) in [4.78, 5) is 27.4. The summed E-state index contributed by atoms with van der Waals surface area (Å²) in [5.41, 5.74) is 1.81. The Balaban J connectivity index is 1.16.